The Balaban J connectivity index is 1.45. The van der Waals surface area contributed by atoms with Crippen molar-refractivity contribution in [1.29, 1.82) is 0 Å². The summed E-state index contributed by atoms with van der Waals surface area (Å²) in [5.74, 6) is 0.0354. The topological polar surface area (TPSA) is 42.0 Å². The fourth-order valence-electron chi connectivity index (χ4n) is 2.38. The molecule has 1 unspecified atom stereocenters. The first-order valence-corrected chi connectivity index (χ1v) is 9.48. The Kier molecular flexibility index (Phi) is 3.73. The van der Waals surface area contributed by atoms with Crippen molar-refractivity contribution in [3.8, 4) is 10.6 Å². The van der Waals surface area contributed by atoms with Gasteiger partial charge in [0.25, 0.3) is 0 Å². The third-order valence-corrected chi connectivity index (χ3v) is 6.42. The zero-order valence-electron chi connectivity index (χ0n) is 11.5. The van der Waals surface area contributed by atoms with Gasteiger partial charge in [-0.15, -0.1) is 34.4 Å². The van der Waals surface area contributed by atoms with E-state index in [-0.39, 0.29) is 11.2 Å². The molecule has 0 bridgehead atoms. The molecule has 1 aromatic carbocycles. The van der Waals surface area contributed by atoms with Gasteiger partial charge >= 0.3 is 0 Å². The molecule has 0 saturated carbocycles. The number of hydrogen-bond acceptors (Lipinski definition) is 5. The maximum absolute atomic E-state index is 12.4. The Bertz CT molecular complexity index is 785. The summed E-state index contributed by atoms with van der Waals surface area (Å²) in [5, 5.41) is 7.57. The average Bonchev–Trinajstić information content (AvgIpc) is 3.26. The monoisotopic (exact) mass is 344 g/mol. The average molecular weight is 344 g/mol. The van der Waals surface area contributed by atoms with E-state index in [0.29, 0.717) is 5.13 Å². The van der Waals surface area contributed by atoms with Crippen LogP contribution in [0.1, 0.15) is 5.56 Å². The molecule has 1 amide bonds. The van der Waals surface area contributed by atoms with Gasteiger partial charge in [0.1, 0.15) is 0 Å². The standard InChI is InChI=1S/C16H12N2OS3/c19-15(14-8-10-4-1-2-5-12(10)22-14)18-16-17-11(9-21-16)13-6-3-7-20-13/h1-7,9,14H,8H2,(H,17,18,19). The molecule has 0 radical (unpaired) electrons. The van der Waals surface area contributed by atoms with Gasteiger partial charge in [-0.25, -0.2) is 4.98 Å². The van der Waals surface area contributed by atoms with E-state index in [2.05, 4.69) is 22.4 Å². The lowest BCUT2D eigenvalue weighted by Crippen LogP contribution is -2.24. The molecule has 6 heteroatoms. The molecule has 0 fully saturated rings. The van der Waals surface area contributed by atoms with Gasteiger partial charge in [0.05, 0.1) is 15.8 Å². The Morgan fingerprint density at radius 2 is 2.09 bits per heavy atom. The lowest BCUT2D eigenvalue weighted by atomic mass is 10.1. The van der Waals surface area contributed by atoms with Crippen LogP contribution in [0.15, 0.2) is 52.1 Å². The highest BCUT2D eigenvalue weighted by Gasteiger charge is 2.28. The van der Waals surface area contributed by atoms with E-state index in [1.807, 2.05) is 35.0 Å². The molecule has 3 nitrogen and oxygen atoms in total. The van der Waals surface area contributed by atoms with Gasteiger partial charge in [-0.05, 0) is 29.5 Å². The van der Waals surface area contributed by atoms with Crippen molar-refractivity contribution < 1.29 is 4.79 Å². The highest BCUT2D eigenvalue weighted by atomic mass is 32.2. The number of benzene rings is 1. The molecule has 0 saturated heterocycles. The van der Waals surface area contributed by atoms with E-state index < -0.39 is 0 Å². The summed E-state index contributed by atoms with van der Waals surface area (Å²) < 4.78 is 0. The molecule has 0 spiro atoms. The summed E-state index contributed by atoms with van der Waals surface area (Å²) in [6.07, 6.45) is 0.788. The molecule has 3 heterocycles. The van der Waals surface area contributed by atoms with Crippen LogP contribution in [0.5, 0.6) is 0 Å². The number of nitrogens with zero attached hydrogens (tertiary/aromatic N) is 1. The molecule has 22 heavy (non-hydrogen) atoms. The smallest absolute Gasteiger partial charge is 0.239 e. The molecule has 1 aliphatic heterocycles. The largest absolute Gasteiger partial charge is 0.301 e. The maximum Gasteiger partial charge on any atom is 0.239 e. The summed E-state index contributed by atoms with van der Waals surface area (Å²) in [6.45, 7) is 0. The van der Waals surface area contributed by atoms with Gasteiger partial charge in [-0.1, -0.05) is 24.3 Å². The molecule has 110 valence electrons. The Hall–Kier alpha value is -1.63. The predicted octanol–water partition coefficient (Wildman–Crippen LogP) is 4.53. The van der Waals surface area contributed by atoms with Crippen molar-refractivity contribution in [1.82, 2.24) is 4.98 Å². The molecule has 3 aromatic rings. The van der Waals surface area contributed by atoms with E-state index in [4.69, 9.17) is 0 Å². The Labute approximate surface area is 140 Å². The number of thiazole rings is 1. The van der Waals surface area contributed by atoms with Crippen LogP contribution in [-0.2, 0) is 11.2 Å². The number of hydrogen-bond donors (Lipinski definition) is 1. The number of thiophene rings is 1. The first-order chi connectivity index (χ1) is 10.8. The number of carbonyl (C=O) groups excluding carboxylic acids is 1. The zero-order chi connectivity index (χ0) is 14.9. The van der Waals surface area contributed by atoms with Crippen LogP contribution in [0.3, 0.4) is 0 Å². The number of anilines is 1. The number of thioether (sulfide) groups is 1. The van der Waals surface area contributed by atoms with Gasteiger partial charge in [-0.3, -0.25) is 4.79 Å². The number of fused-ring (bicyclic) bond motifs is 1. The molecular weight excluding hydrogens is 332 g/mol. The number of carbonyl (C=O) groups is 1. The van der Waals surface area contributed by atoms with Crippen LogP contribution in [0.4, 0.5) is 5.13 Å². The molecule has 0 aliphatic carbocycles. The molecular formula is C16H12N2OS3. The third kappa shape index (κ3) is 2.69. The second kappa shape index (κ2) is 5.87. The molecule has 1 aliphatic rings. The van der Waals surface area contributed by atoms with Crippen molar-refractivity contribution >= 4 is 45.5 Å². The van der Waals surface area contributed by atoms with E-state index in [0.717, 1.165) is 17.0 Å². The minimum absolute atomic E-state index is 0.0354. The van der Waals surface area contributed by atoms with E-state index in [1.54, 1.807) is 23.1 Å². The van der Waals surface area contributed by atoms with Gasteiger partial charge in [-0.2, -0.15) is 0 Å². The van der Waals surface area contributed by atoms with Crippen LogP contribution in [0.2, 0.25) is 0 Å². The number of aromatic nitrogens is 1. The van der Waals surface area contributed by atoms with Crippen molar-refractivity contribution in [2.75, 3.05) is 5.32 Å². The van der Waals surface area contributed by atoms with E-state index in [9.17, 15) is 4.79 Å². The van der Waals surface area contributed by atoms with Gasteiger partial charge in [0, 0.05) is 10.3 Å². The van der Waals surface area contributed by atoms with E-state index >= 15 is 0 Å². The van der Waals surface area contributed by atoms with Crippen molar-refractivity contribution in [3.05, 3.63) is 52.7 Å². The fourth-order valence-corrected chi connectivity index (χ4v) is 5.05. The lowest BCUT2D eigenvalue weighted by Gasteiger charge is -2.07. The fraction of sp³-hybridized carbons (Fsp3) is 0.125. The predicted molar refractivity (Wildman–Crippen MR) is 93.8 cm³/mol. The minimum atomic E-state index is -0.0634. The summed E-state index contributed by atoms with van der Waals surface area (Å²) in [4.78, 5) is 19.3. The van der Waals surface area contributed by atoms with Crippen LogP contribution in [-0.4, -0.2) is 16.1 Å². The summed E-state index contributed by atoms with van der Waals surface area (Å²) in [6, 6.07) is 12.2. The number of rotatable bonds is 3. The second-order valence-electron chi connectivity index (χ2n) is 4.92. The van der Waals surface area contributed by atoms with Crippen molar-refractivity contribution in [2.24, 2.45) is 0 Å². The first-order valence-electron chi connectivity index (χ1n) is 6.84. The molecule has 1 N–H and O–H groups in total. The third-order valence-electron chi connectivity index (χ3n) is 3.45. The van der Waals surface area contributed by atoms with Crippen LogP contribution < -0.4 is 5.32 Å². The van der Waals surface area contributed by atoms with Gasteiger partial charge < -0.3 is 5.32 Å². The summed E-state index contributed by atoms with van der Waals surface area (Å²) >= 11 is 4.76. The van der Waals surface area contributed by atoms with Crippen molar-refractivity contribution in [2.45, 2.75) is 16.6 Å². The van der Waals surface area contributed by atoms with E-state index in [1.165, 1.54) is 21.8 Å². The van der Waals surface area contributed by atoms with Crippen LogP contribution >= 0.6 is 34.4 Å². The molecule has 2 aromatic heterocycles. The quantitative estimate of drug-likeness (QED) is 0.759. The molecule has 4 rings (SSSR count). The zero-order valence-corrected chi connectivity index (χ0v) is 13.9. The second-order valence-corrected chi connectivity index (χ2v) is 7.97. The lowest BCUT2D eigenvalue weighted by molar-refractivity contribution is -0.115. The van der Waals surface area contributed by atoms with Crippen LogP contribution in [0.25, 0.3) is 10.6 Å². The molecule has 1 atom stereocenters. The Morgan fingerprint density at radius 1 is 1.18 bits per heavy atom. The highest BCUT2D eigenvalue weighted by molar-refractivity contribution is 8.01. The minimum Gasteiger partial charge on any atom is -0.301 e. The maximum atomic E-state index is 12.4. The summed E-state index contributed by atoms with van der Waals surface area (Å²) in [5.41, 5.74) is 2.18. The number of amides is 1. The normalized spacial score (nSPS) is 16.5. The van der Waals surface area contributed by atoms with Gasteiger partial charge in [0.15, 0.2) is 5.13 Å². The highest BCUT2D eigenvalue weighted by Crippen LogP contribution is 2.37. The SMILES string of the molecule is O=C(Nc1nc(-c2cccs2)cs1)C1Cc2ccccc2S1. The Morgan fingerprint density at radius 3 is 2.91 bits per heavy atom. The van der Waals surface area contributed by atoms with Crippen LogP contribution in [0, 0.1) is 0 Å². The van der Waals surface area contributed by atoms with Gasteiger partial charge in [0.2, 0.25) is 5.91 Å². The summed E-state index contributed by atoms with van der Waals surface area (Å²) in [7, 11) is 0. The van der Waals surface area contributed by atoms with Crippen molar-refractivity contribution in [3.63, 3.8) is 0 Å². The number of nitrogens with one attached hydrogen (secondary N) is 1. The first kappa shape index (κ1) is 14.0.